The molecule has 1 amide bonds. The number of piperidine rings is 1. The van der Waals surface area contributed by atoms with Gasteiger partial charge in [0.1, 0.15) is 23.2 Å². The lowest BCUT2D eigenvalue weighted by Crippen LogP contribution is -2.53. The molecule has 4 rings (SSSR count). The van der Waals surface area contributed by atoms with Gasteiger partial charge in [-0.1, -0.05) is 6.92 Å². The number of amides is 1. The average Bonchev–Trinajstić information content (AvgIpc) is 3.26. The van der Waals surface area contributed by atoms with Crippen LogP contribution >= 0.6 is 0 Å². The number of aromatic nitrogens is 3. The van der Waals surface area contributed by atoms with Gasteiger partial charge in [0.2, 0.25) is 0 Å². The third kappa shape index (κ3) is 5.23. The molecular formula is C27H34N6O3. The topological polar surface area (TPSA) is 96.0 Å². The van der Waals surface area contributed by atoms with E-state index in [1.807, 2.05) is 59.1 Å². The minimum Gasteiger partial charge on any atom is -0.492 e. The molecule has 1 saturated heterocycles. The first kappa shape index (κ1) is 25.3. The van der Waals surface area contributed by atoms with Crippen molar-refractivity contribution in [1.82, 2.24) is 19.5 Å². The minimum absolute atomic E-state index is 0.0163. The fraction of sp³-hybridized carbons (Fsp3) is 0.481. The van der Waals surface area contributed by atoms with Crippen LogP contribution in [0.2, 0.25) is 0 Å². The summed E-state index contributed by atoms with van der Waals surface area (Å²) in [5.74, 6) is 1.87. The van der Waals surface area contributed by atoms with E-state index in [9.17, 15) is 10.1 Å². The number of nitrogens with zero attached hydrogens (tertiary/aromatic N) is 6. The van der Waals surface area contributed by atoms with Gasteiger partial charge in [-0.05, 0) is 58.2 Å². The Morgan fingerprint density at radius 1 is 1.31 bits per heavy atom. The van der Waals surface area contributed by atoms with E-state index in [1.54, 1.807) is 21.8 Å². The first-order valence-corrected chi connectivity index (χ1v) is 12.3. The fourth-order valence-electron chi connectivity index (χ4n) is 4.61. The van der Waals surface area contributed by atoms with Crippen LogP contribution in [0.5, 0.6) is 5.75 Å². The third-order valence-corrected chi connectivity index (χ3v) is 6.50. The molecule has 0 aliphatic carbocycles. The summed E-state index contributed by atoms with van der Waals surface area (Å²) in [5, 5.41) is 13.9. The van der Waals surface area contributed by atoms with E-state index in [4.69, 9.17) is 14.5 Å². The molecule has 36 heavy (non-hydrogen) atoms. The van der Waals surface area contributed by atoms with Crippen molar-refractivity contribution in [3.05, 3.63) is 42.4 Å². The van der Waals surface area contributed by atoms with E-state index in [0.29, 0.717) is 30.4 Å². The number of hydrogen-bond donors (Lipinski definition) is 0. The minimum atomic E-state index is -0.536. The number of likely N-dealkylation sites (N-methyl/N-ethyl adjacent to an activating group) is 1. The summed E-state index contributed by atoms with van der Waals surface area (Å²) in [6.07, 6.45) is 5.80. The number of hydrogen-bond acceptors (Lipinski definition) is 7. The van der Waals surface area contributed by atoms with Crippen LogP contribution in [0.25, 0.3) is 16.6 Å². The van der Waals surface area contributed by atoms with Crippen LogP contribution in [0, 0.1) is 17.2 Å². The molecule has 1 aliphatic rings. The van der Waals surface area contributed by atoms with Crippen LogP contribution in [0.3, 0.4) is 0 Å². The van der Waals surface area contributed by atoms with Crippen molar-refractivity contribution in [3.63, 3.8) is 0 Å². The summed E-state index contributed by atoms with van der Waals surface area (Å²) in [4.78, 5) is 21.4. The Morgan fingerprint density at radius 2 is 2.08 bits per heavy atom. The molecule has 0 spiro atoms. The van der Waals surface area contributed by atoms with Crippen LogP contribution in [-0.4, -0.2) is 64.0 Å². The van der Waals surface area contributed by atoms with E-state index in [0.717, 1.165) is 35.4 Å². The quantitative estimate of drug-likeness (QED) is 0.509. The van der Waals surface area contributed by atoms with Crippen LogP contribution in [0.15, 0.2) is 36.8 Å². The second-order valence-electron chi connectivity index (χ2n) is 10.3. The zero-order chi connectivity index (χ0) is 26.0. The predicted octanol–water partition coefficient (Wildman–Crippen LogP) is 4.75. The second-order valence-corrected chi connectivity index (χ2v) is 10.3. The molecule has 3 aromatic heterocycles. The van der Waals surface area contributed by atoms with Crippen molar-refractivity contribution in [3.8, 4) is 22.9 Å². The van der Waals surface area contributed by atoms with Gasteiger partial charge in [-0.2, -0.15) is 10.4 Å². The largest absolute Gasteiger partial charge is 0.492 e. The zero-order valence-corrected chi connectivity index (χ0v) is 21.9. The Hall–Kier alpha value is -3.80. The van der Waals surface area contributed by atoms with Crippen LogP contribution < -0.4 is 9.64 Å². The monoisotopic (exact) mass is 490 g/mol. The number of fused-ring (bicyclic) bond motifs is 1. The highest BCUT2D eigenvalue weighted by atomic mass is 16.6. The highest BCUT2D eigenvalue weighted by Crippen LogP contribution is 2.32. The maximum absolute atomic E-state index is 12.7. The standard InChI is InChI=1S/C27H34N6O3/c1-7-35-21-12-22(25-20(13-28)15-30-33(25)16-21)19-8-9-24(29-14-19)32-11-10-18(2)23(17-32)31(6)26(34)36-27(3,4)5/h8-9,12,14-16,18,23H,7,10-11,17H2,1-6H3/t18-,23+/m1/s1. The molecule has 0 N–H and O–H groups in total. The molecule has 0 bridgehead atoms. The Morgan fingerprint density at radius 3 is 2.72 bits per heavy atom. The fourth-order valence-corrected chi connectivity index (χ4v) is 4.61. The zero-order valence-electron chi connectivity index (χ0n) is 21.9. The summed E-state index contributed by atoms with van der Waals surface area (Å²) >= 11 is 0. The molecule has 0 unspecified atom stereocenters. The van der Waals surface area contributed by atoms with Crippen LogP contribution in [0.1, 0.15) is 46.6 Å². The molecule has 4 heterocycles. The Kier molecular flexibility index (Phi) is 7.07. The molecule has 0 saturated carbocycles. The van der Waals surface area contributed by atoms with Crippen molar-refractivity contribution in [1.29, 1.82) is 5.26 Å². The van der Waals surface area contributed by atoms with Gasteiger partial charge in [0.05, 0.1) is 36.1 Å². The number of pyridine rings is 2. The number of ether oxygens (including phenoxy) is 2. The normalized spacial score (nSPS) is 18.1. The number of rotatable bonds is 5. The van der Waals surface area contributed by atoms with Gasteiger partial charge in [-0.25, -0.2) is 14.3 Å². The van der Waals surface area contributed by atoms with Gasteiger partial charge in [0, 0.05) is 37.5 Å². The van der Waals surface area contributed by atoms with Crippen molar-refractivity contribution < 1.29 is 14.3 Å². The average molecular weight is 491 g/mol. The van der Waals surface area contributed by atoms with E-state index >= 15 is 0 Å². The maximum atomic E-state index is 12.7. The molecule has 2 atom stereocenters. The molecule has 9 heteroatoms. The Balaban J connectivity index is 1.59. The van der Waals surface area contributed by atoms with Gasteiger partial charge >= 0.3 is 6.09 Å². The molecule has 1 aliphatic heterocycles. The molecule has 3 aromatic rings. The molecule has 0 aromatic carbocycles. The summed E-state index contributed by atoms with van der Waals surface area (Å²) in [6, 6.07) is 8.16. The summed E-state index contributed by atoms with van der Waals surface area (Å²) in [5.41, 5.74) is 2.39. The first-order chi connectivity index (χ1) is 17.1. The first-order valence-electron chi connectivity index (χ1n) is 12.3. The molecule has 9 nitrogen and oxygen atoms in total. The van der Waals surface area contributed by atoms with Crippen molar-refractivity contribution in [2.75, 3.05) is 31.6 Å². The predicted molar refractivity (Wildman–Crippen MR) is 138 cm³/mol. The highest BCUT2D eigenvalue weighted by Gasteiger charge is 2.34. The lowest BCUT2D eigenvalue weighted by atomic mass is 9.92. The number of nitriles is 1. The number of carbonyl (C=O) groups is 1. The second kappa shape index (κ2) is 10.1. The highest BCUT2D eigenvalue weighted by molar-refractivity contribution is 5.85. The molecule has 1 fully saturated rings. The number of carbonyl (C=O) groups excluding carboxylic acids is 1. The maximum Gasteiger partial charge on any atom is 0.410 e. The van der Waals surface area contributed by atoms with Crippen LogP contribution in [-0.2, 0) is 4.74 Å². The number of anilines is 1. The SMILES string of the molecule is CCOc1cc(-c2ccc(N3CC[C@@H](C)[C@@H](N(C)C(=O)OC(C)(C)C)C3)nc2)c2c(C#N)cnn2c1. The van der Waals surface area contributed by atoms with E-state index < -0.39 is 5.60 Å². The Labute approximate surface area is 212 Å². The lowest BCUT2D eigenvalue weighted by molar-refractivity contribution is 0.0159. The molecule has 190 valence electrons. The van der Waals surface area contributed by atoms with Gasteiger partial charge in [-0.15, -0.1) is 0 Å². The van der Waals surface area contributed by atoms with Gasteiger partial charge < -0.3 is 19.3 Å². The van der Waals surface area contributed by atoms with Gasteiger partial charge in [0.25, 0.3) is 0 Å². The Bertz CT molecular complexity index is 1270. The summed E-state index contributed by atoms with van der Waals surface area (Å²) < 4.78 is 13.0. The third-order valence-electron chi connectivity index (χ3n) is 6.50. The van der Waals surface area contributed by atoms with Gasteiger partial charge in [-0.3, -0.25) is 0 Å². The van der Waals surface area contributed by atoms with Gasteiger partial charge in [0.15, 0.2) is 0 Å². The lowest BCUT2D eigenvalue weighted by Gasteiger charge is -2.42. The van der Waals surface area contributed by atoms with E-state index in [2.05, 4.69) is 23.0 Å². The molecule has 0 radical (unpaired) electrons. The van der Waals surface area contributed by atoms with Crippen molar-refractivity contribution >= 4 is 17.4 Å². The van der Waals surface area contributed by atoms with E-state index in [-0.39, 0.29) is 12.1 Å². The van der Waals surface area contributed by atoms with Crippen molar-refractivity contribution in [2.45, 2.75) is 52.7 Å². The summed E-state index contributed by atoms with van der Waals surface area (Å²) in [6.45, 7) is 11.8. The smallest absolute Gasteiger partial charge is 0.410 e. The summed E-state index contributed by atoms with van der Waals surface area (Å²) in [7, 11) is 1.81. The van der Waals surface area contributed by atoms with Crippen LogP contribution in [0.4, 0.5) is 10.6 Å². The van der Waals surface area contributed by atoms with Crippen molar-refractivity contribution in [2.24, 2.45) is 5.92 Å². The van der Waals surface area contributed by atoms with E-state index in [1.165, 1.54) is 0 Å². The molecular weight excluding hydrogens is 456 g/mol.